The van der Waals surface area contributed by atoms with E-state index in [-0.39, 0.29) is 0 Å². The lowest BCUT2D eigenvalue weighted by molar-refractivity contribution is 0.458. The smallest absolute Gasteiger partial charge is 0.211 e. The lowest BCUT2D eigenvalue weighted by atomic mass is 9.90. The van der Waals surface area contributed by atoms with Gasteiger partial charge in [-0.1, -0.05) is 12.2 Å². The van der Waals surface area contributed by atoms with Gasteiger partial charge in [0.05, 0.1) is 0 Å². The van der Waals surface area contributed by atoms with Gasteiger partial charge in [0, 0.05) is 0 Å². The number of nitrogens with zero attached hydrogens (tertiary/aromatic N) is 3. The van der Waals surface area contributed by atoms with Crippen molar-refractivity contribution in [3.05, 3.63) is 23.8 Å². The van der Waals surface area contributed by atoms with Crippen LogP contribution in [0.3, 0.4) is 0 Å². The summed E-state index contributed by atoms with van der Waals surface area (Å²) in [5, 5.41) is 0. The zero-order valence-electron chi connectivity index (χ0n) is 8.38. The SMILES string of the molecule is CC1=CC=CC(N=C=O)(N=C=O)C1N=C=O. The molecule has 80 valence electrons. The molecule has 0 aromatic heterocycles. The standard InChI is InChI=1S/C10H7N3O3/c1-8-3-2-4-10(12-6-15,13-7-16)9(8)11-5-14/h2-4,9H,1H3. The van der Waals surface area contributed by atoms with E-state index >= 15 is 0 Å². The predicted octanol–water partition coefficient (Wildman–Crippen LogP) is 0.575. The Kier molecular flexibility index (Phi) is 3.59. The van der Waals surface area contributed by atoms with E-state index in [9.17, 15) is 14.4 Å². The summed E-state index contributed by atoms with van der Waals surface area (Å²) in [5.74, 6) is 0. The summed E-state index contributed by atoms with van der Waals surface area (Å²) in [5.41, 5.74) is -0.927. The van der Waals surface area contributed by atoms with Crippen molar-refractivity contribution in [1.29, 1.82) is 0 Å². The van der Waals surface area contributed by atoms with Gasteiger partial charge in [0.25, 0.3) is 0 Å². The Bertz CT molecular complexity index is 469. The second kappa shape index (κ2) is 4.91. The molecule has 0 fully saturated rings. The Hall–Kier alpha value is -2.38. The van der Waals surface area contributed by atoms with Crippen LogP contribution in [-0.2, 0) is 14.4 Å². The van der Waals surface area contributed by atoms with E-state index in [1.807, 2.05) is 0 Å². The number of isocyanates is 3. The van der Waals surface area contributed by atoms with Crippen molar-refractivity contribution < 1.29 is 14.4 Å². The molecule has 1 rings (SSSR count). The van der Waals surface area contributed by atoms with Gasteiger partial charge in [0.2, 0.25) is 23.9 Å². The third-order valence-electron chi connectivity index (χ3n) is 2.17. The van der Waals surface area contributed by atoms with Crippen molar-refractivity contribution in [3.63, 3.8) is 0 Å². The minimum absolute atomic E-state index is 0.629. The second-order valence-electron chi connectivity index (χ2n) is 3.08. The molecule has 0 bridgehead atoms. The number of allylic oxidation sites excluding steroid dienone is 2. The van der Waals surface area contributed by atoms with Crippen molar-refractivity contribution in [3.8, 4) is 0 Å². The van der Waals surface area contributed by atoms with Crippen molar-refractivity contribution in [2.45, 2.75) is 18.6 Å². The first-order chi connectivity index (χ1) is 7.70. The minimum atomic E-state index is -1.56. The van der Waals surface area contributed by atoms with E-state index in [1.165, 1.54) is 24.3 Å². The quantitative estimate of drug-likeness (QED) is 0.511. The van der Waals surface area contributed by atoms with Crippen LogP contribution in [0.5, 0.6) is 0 Å². The predicted molar refractivity (Wildman–Crippen MR) is 53.8 cm³/mol. The van der Waals surface area contributed by atoms with Crippen LogP contribution in [0.1, 0.15) is 6.92 Å². The van der Waals surface area contributed by atoms with E-state index < -0.39 is 11.7 Å². The van der Waals surface area contributed by atoms with Gasteiger partial charge in [0.1, 0.15) is 6.04 Å². The molecule has 0 amide bonds. The third-order valence-corrected chi connectivity index (χ3v) is 2.17. The minimum Gasteiger partial charge on any atom is -0.211 e. The third kappa shape index (κ3) is 2.00. The summed E-state index contributed by atoms with van der Waals surface area (Å²) in [6.07, 6.45) is 8.58. The maximum Gasteiger partial charge on any atom is 0.237 e. The molecule has 0 spiro atoms. The van der Waals surface area contributed by atoms with Crippen LogP contribution in [0.25, 0.3) is 0 Å². The molecular weight excluding hydrogens is 210 g/mol. The number of rotatable bonds is 3. The van der Waals surface area contributed by atoms with E-state index in [0.29, 0.717) is 5.57 Å². The molecule has 1 unspecified atom stereocenters. The molecule has 0 aliphatic heterocycles. The molecule has 0 radical (unpaired) electrons. The van der Waals surface area contributed by atoms with Crippen LogP contribution < -0.4 is 0 Å². The lowest BCUT2D eigenvalue weighted by Gasteiger charge is -2.27. The van der Waals surface area contributed by atoms with Crippen molar-refractivity contribution in [1.82, 2.24) is 0 Å². The van der Waals surface area contributed by atoms with Crippen LogP contribution >= 0.6 is 0 Å². The second-order valence-corrected chi connectivity index (χ2v) is 3.08. The van der Waals surface area contributed by atoms with Crippen molar-refractivity contribution in [2.75, 3.05) is 0 Å². The molecule has 1 aliphatic carbocycles. The average Bonchev–Trinajstić information content (AvgIpc) is 2.25. The molecule has 0 aromatic rings. The van der Waals surface area contributed by atoms with E-state index in [4.69, 9.17) is 0 Å². The Labute approximate surface area is 90.8 Å². The van der Waals surface area contributed by atoms with Gasteiger partial charge in [-0.3, -0.25) is 0 Å². The lowest BCUT2D eigenvalue weighted by Crippen LogP contribution is -2.37. The van der Waals surface area contributed by atoms with Gasteiger partial charge in [-0.2, -0.15) is 15.0 Å². The molecule has 6 nitrogen and oxygen atoms in total. The monoisotopic (exact) mass is 217 g/mol. The summed E-state index contributed by atoms with van der Waals surface area (Å²) in [4.78, 5) is 41.3. The zero-order chi connectivity index (χ0) is 12.0. The number of hydrogen-bond donors (Lipinski definition) is 0. The molecule has 16 heavy (non-hydrogen) atoms. The van der Waals surface area contributed by atoms with Gasteiger partial charge in [0.15, 0.2) is 0 Å². The highest BCUT2D eigenvalue weighted by Crippen LogP contribution is 2.30. The summed E-state index contributed by atoms with van der Waals surface area (Å²) in [6.45, 7) is 1.67. The molecule has 0 aromatic carbocycles. The highest BCUT2D eigenvalue weighted by atomic mass is 16.1. The van der Waals surface area contributed by atoms with Crippen molar-refractivity contribution in [2.24, 2.45) is 15.0 Å². The number of aliphatic imine (C=N–C) groups is 3. The van der Waals surface area contributed by atoms with Crippen LogP contribution in [-0.4, -0.2) is 29.9 Å². The molecule has 1 atom stereocenters. The largest absolute Gasteiger partial charge is 0.237 e. The summed E-state index contributed by atoms with van der Waals surface area (Å²) in [6, 6.07) is -0.863. The van der Waals surface area contributed by atoms with Crippen LogP contribution in [0.2, 0.25) is 0 Å². The Morgan fingerprint density at radius 1 is 1.19 bits per heavy atom. The fraction of sp³-hybridized carbons (Fsp3) is 0.300. The van der Waals surface area contributed by atoms with Gasteiger partial charge in [-0.05, 0) is 18.6 Å². The first kappa shape index (κ1) is 11.7. The Morgan fingerprint density at radius 3 is 2.31 bits per heavy atom. The normalized spacial score (nSPS) is 26.8. The Balaban J connectivity index is 3.41. The fourth-order valence-corrected chi connectivity index (χ4v) is 1.48. The molecule has 1 aliphatic rings. The zero-order valence-corrected chi connectivity index (χ0v) is 8.38. The highest BCUT2D eigenvalue weighted by molar-refractivity contribution is 5.48. The first-order valence-electron chi connectivity index (χ1n) is 4.31. The van der Waals surface area contributed by atoms with Gasteiger partial charge < -0.3 is 0 Å². The maximum absolute atomic E-state index is 10.3. The van der Waals surface area contributed by atoms with E-state index in [0.717, 1.165) is 0 Å². The number of hydrogen-bond acceptors (Lipinski definition) is 6. The van der Waals surface area contributed by atoms with Gasteiger partial charge in [-0.25, -0.2) is 14.4 Å². The summed E-state index contributed by atoms with van der Waals surface area (Å²) >= 11 is 0. The van der Waals surface area contributed by atoms with E-state index in [1.54, 1.807) is 19.1 Å². The van der Waals surface area contributed by atoms with Crippen LogP contribution in [0.15, 0.2) is 38.8 Å². The maximum atomic E-state index is 10.3. The first-order valence-corrected chi connectivity index (χ1v) is 4.31. The fourth-order valence-electron chi connectivity index (χ4n) is 1.48. The van der Waals surface area contributed by atoms with Crippen LogP contribution in [0.4, 0.5) is 0 Å². The Morgan fingerprint density at radius 2 is 1.81 bits per heavy atom. The van der Waals surface area contributed by atoms with E-state index in [2.05, 4.69) is 15.0 Å². The summed E-state index contributed by atoms with van der Waals surface area (Å²) < 4.78 is 0. The summed E-state index contributed by atoms with van der Waals surface area (Å²) in [7, 11) is 0. The number of carbonyl (C=O) groups excluding carboxylic acids is 3. The molecule has 0 saturated carbocycles. The molecular formula is C10H7N3O3. The van der Waals surface area contributed by atoms with Gasteiger partial charge in [-0.15, -0.1) is 0 Å². The molecule has 6 heteroatoms. The molecule has 0 saturated heterocycles. The highest BCUT2D eigenvalue weighted by Gasteiger charge is 2.39. The topological polar surface area (TPSA) is 88.3 Å². The van der Waals surface area contributed by atoms with Crippen molar-refractivity contribution >= 4 is 18.2 Å². The average molecular weight is 217 g/mol. The van der Waals surface area contributed by atoms with Gasteiger partial charge >= 0.3 is 0 Å². The molecule has 0 heterocycles. The van der Waals surface area contributed by atoms with Crippen LogP contribution in [0, 0.1) is 0 Å². The molecule has 0 N–H and O–H groups in total.